The standard InChI is InChI=1S/C20H21ClN2O4/c1-14(23-19(25)16-9-5-6-10-17(16)21)20(26)27-13-18(24)22-12-11-15-7-3-2-4-8-15/h2-10,14H,11-13H2,1H3,(H,22,24)(H,23,25)/t14-/m0/s1. The van der Waals surface area contributed by atoms with Crippen LogP contribution in [0.1, 0.15) is 22.8 Å². The Morgan fingerprint density at radius 3 is 2.41 bits per heavy atom. The van der Waals surface area contributed by atoms with Crippen LogP contribution in [0.5, 0.6) is 0 Å². The minimum Gasteiger partial charge on any atom is -0.454 e. The van der Waals surface area contributed by atoms with E-state index in [-0.39, 0.29) is 10.6 Å². The van der Waals surface area contributed by atoms with Gasteiger partial charge in [0.25, 0.3) is 11.8 Å². The Bertz CT molecular complexity index is 796. The van der Waals surface area contributed by atoms with Gasteiger partial charge in [-0.05, 0) is 31.0 Å². The molecule has 0 bridgehead atoms. The maximum Gasteiger partial charge on any atom is 0.328 e. The lowest BCUT2D eigenvalue weighted by molar-refractivity contribution is -0.150. The Labute approximate surface area is 162 Å². The number of ether oxygens (including phenoxy) is 1. The van der Waals surface area contributed by atoms with Crippen LogP contribution in [0, 0.1) is 0 Å². The first-order chi connectivity index (χ1) is 13.0. The van der Waals surface area contributed by atoms with Gasteiger partial charge < -0.3 is 15.4 Å². The van der Waals surface area contributed by atoms with Gasteiger partial charge in [0.15, 0.2) is 6.61 Å². The number of benzene rings is 2. The van der Waals surface area contributed by atoms with Crippen molar-refractivity contribution in [2.45, 2.75) is 19.4 Å². The zero-order valence-corrected chi connectivity index (χ0v) is 15.7. The van der Waals surface area contributed by atoms with Crippen molar-refractivity contribution >= 4 is 29.4 Å². The first-order valence-corrected chi connectivity index (χ1v) is 8.88. The quantitative estimate of drug-likeness (QED) is 0.680. The SMILES string of the molecule is C[C@H](NC(=O)c1ccccc1Cl)C(=O)OCC(=O)NCCc1ccccc1. The molecule has 2 rings (SSSR count). The summed E-state index contributed by atoms with van der Waals surface area (Å²) in [5.74, 6) is -1.59. The molecule has 0 saturated heterocycles. The van der Waals surface area contributed by atoms with E-state index in [9.17, 15) is 14.4 Å². The second-order valence-electron chi connectivity index (χ2n) is 5.87. The highest BCUT2D eigenvalue weighted by Crippen LogP contribution is 2.14. The summed E-state index contributed by atoms with van der Waals surface area (Å²) in [4.78, 5) is 35.8. The van der Waals surface area contributed by atoms with Crippen LogP contribution >= 0.6 is 11.6 Å². The van der Waals surface area contributed by atoms with Crippen molar-refractivity contribution in [2.24, 2.45) is 0 Å². The summed E-state index contributed by atoms with van der Waals surface area (Å²) in [5, 5.41) is 5.46. The summed E-state index contributed by atoms with van der Waals surface area (Å²) < 4.78 is 4.94. The van der Waals surface area contributed by atoms with E-state index in [0.717, 1.165) is 5.56 Å². The van der Waals surface area contributed by atoms with Gasteiger partial charge in [0.1, 0.15) is 6.04 Å². The van der Waals surface area contributed by atoms with Crippen molar-refractivity contribution in [1.29, 1.82) is 0 Å². The van der Waals surface area contributed by atoms with Crippen molar-refractivity contribution in [3.05, 3.63) is 70.7 Å². The lowest BCUT2D eigenvalue weighted by atomic mass is 10.1. The fourth-order valence-electron chi connectivity index (χ4n) is 2.28. The number of rotatable bonds is 8. The topological polar surface area (TPSA) is 84.5 Å². The Balaban J connectivity index is 1.70. The van der Waals surface area contributed by atoms with E-state index in [1.165, 1.54) is 6.92 Å². The number of hydrogen-bond acceptors (Lipinski definition) is 4. The van der Waals surface area contributed by atoms with Crippen molar-refractivity contribution in [3.63, 3.8) is 0 Å². The largest absolute Gasteiger partial charge is 0.454 e. The first-order valence-electron chi connectivity index (χ1n) is 8.50. The summed E-state index contributed by atoms with van der Waals surface area (Å²) in [5.41, 5.74) is 1.36. The molecule has 2 aromatic rings. The fourth-order valence-corrected chi connectivity index (χ4v) is 2.50. The van der Waals surface area contributed by atoms with Gasteiger partial charge in [-0.1, -0.05) is 54.1 Å². The van der Waals surface area contributed by atoms with Gasteiger partial charge in [-0.15, -0.1) is 0 Å². The average Bonchev–Trinajstić information content (AvgIpc) is 2.67. The highest BCUT2D eigenvalue weighted by molar-refractivity contribution is 6.33. The lowest BCUT2D eigenvalue weighted by Crippen LogP contribution is -2.41. The van der Waals surface area contributed by atoms with E-state index < -0.39 is 30.4 Å². The third-order valence-corrected chi connectivity index (χ3v) is 4.07. The Hall–Kier alpha value is -2.86. The van der Waals surface area contributed by atoms with E-state index in [1.807, 2.05) is 30.3 Å². The highest BCUT2D eigenvalue weighted by Gasteiger charge is 2.20. The number of halogens is 1. The van der Waals surface area contributed by atoms with E-state index in [0.29, 0.717) is 13.0 Å². The van der Waals surface area contributed by atoms with Crippen LogP contribution in [0.25, 0.3) is 0 Å². The third kappa shape index (κ3) is 6.75. The van der Waals surface area contributed by atoms with E-state index in [1.54, 1.807) is 24.3 Å². The zero-order valence-electron chi connectivity index (χ0n) is 14.9. The predicted octanol–water partition coefficient (Wildman–Crippen LogP) is 2.36. The molecule has 0 saturated carbocycles. The molecule has 2 N–H and O–H groups in total. The zero-order chi connectivity index (χ0) is 19.6. The molecule has 1 atom stereocenters. The van der Waals surface area contributed by atoms with Gasteiger partial charge in [-0.25, -0.2) is 4.79 Å². The van der Waals surface area contributed by atoms with E-state index in [2.05, 4.69) is 10.6 Å². The molecular weight excluding hydrogens is 368 g/mol. The van der Waals surface area contributed by atoms with Crippen LogP contribution in [0.3, 0.4) is 0 Å². The van der Waals surface area contributed by atoms with Crippen LogP contribution in [0.4, 0.5) is 0 Å². The Morgan fingerprint density at radius 1 is 1.04 bits per heavy atom. The van der Waals surface area contributed by atoms with Crippen molar-refractivity contribution in [1.82, 2.24) is 10.6 Å². The molecule has 0 aliphatic carbocycles. The molecule has 2 aromatic carbocycles. The van der Waals surface area contributed by atoms with E-state index in [4.69, 9.17) is 16.3 Å². The highest BCUT2D eigenvalue weighted by atomic mass is 35.5. The summed E-state index contributed by atoms with van der Waals surface area (Å²) >= 11 is 5.95. The Kier molecular flexibility index (Phi) is 7.82. The monoisotopic (exact) mass is 388 g/mol. The number of carbonyl (C=O) groups is 3. The van der Waals surface area contributed by atoms with Gasteiger partial charge in [0, 0.05) is 6.54 Å². The molecule has 6 nitrogen and oxygen atoms in total. The van der Waals surface area contributed by atoms with Gasteiger partial charge >= 0.3 is 5.97 Å². The predicted molar refractivity (Wildman–Crippen MR) is 102 cm³/mol. The van der Waals surface area contributed by atoms with Crippen LogP contribution in [-0.2, 0) is 20.7 Å². The number of hydrogen-bond donors (Lipinski definition) is 2. The molecule has 0 aromatic heterocycles. The Morgan fingerprint density at radius 2 is 1.70 bits per heavy atom. The molecule has 2 amide bonds. The number of amides is 2. The van der Waals surface area contributed by atoms with Crippen LogP contribution < -0.4 is 10.6 Å². The van der Waals surface area contributed by atoms with Gasteiger partial charge in [0.2, 0.25) is 0 Å². The maximum atomic E-state index is 12.1. The number of esters is 1. The fraction of sp³-hybridized carbons (Fsp3) is 0.250. The minimum atomic E-state index is -0.911. The number of nitrogens with one attached hydrogen (secondary N) is 2. The molecule has 7 heteroatoms. The minimum absolute atomic E-state index is 0.262. The molecule has 0 heterocycles. The summed E-state index contributed by atoms with van der Waals surface area (Å²) in [6.07, 6.45) is 0.685. The maximum absolute atomic E-state index is 12.1. The molecule has 0 unspecified atom stereocenters. The van der Waals surface area contributed by atoms with Crippen LogP contribution in [0.2, 0.25) is 5.02 Å². The van der Waals surface area contributed by atoms with Gasteiger partial charge in [-0.3, -0.25) is 9.59 Å². The molecule has 0 spiro atoms. The molecule has 142 valence electrons. The van der Waals surface area contributed by atoms with Crippen molar-refractivity contribution in [3.8, 4) is 0 Å². The molecule has 0 radical (unpaired) electrons. The summed E-state index contributed by atoms with van der Waals surface area (Å²) in [6.45, 7) is 1.52. The van der Waals surface area contributed by atoms with Crippen molar-refractivity contribution < 1.29 is 19.1 Å². The first kappa shape index (κ1) is 20.5. The summed E-state index contributed by atoms with van der Waals surface area (Å²) in [7, 11) is 0. The van der Waals surface area contributed by atoms with E-state index >= 15 is 0 Å². The lowest BCUT2D eigenvalue weighted by Gasteiger charge is -2.14. The number of carbonyl (C=O) groups excluding carboxylic acids is 3. The van der Waals surface area contributed by atoms with Crippen LogP contribution in [-0.4, -0.2) is 37.0 Å². The van der Waals surface area contributed by atoms with Gasteiger partial charge in [-0.2, -0.15) is 0 Å². The molecule has 27 heavy (non-hydrogen) atoms. The van der Waals surface area contributed by atoms with Crippen molar-refractivity contribution in [2.75, 3.05) is 13.2 Å². The van der Waals surface area contributed by atoms with Gasteiger partial charge in [0.05, 0.1) is 10.6 Å². The normalized spacial score (nSPS) is 11.3. The summed E-state index contributed by atoms with van der Waals surface area (Å²) in [6, 6.07) is 15.3. The molecule has 0 aliphatic rings. The molecule has 0 aliphatic heterocycles. The molecular formula is C20H21ClN2O4. The molecule has 0 fully saturated rings. The smallest absolute Gasteiger partial charge is 0.328 e. The third-order valence-electron chi connectivity index (χ3n) is 3.74. The van der Waals surface area contributed by atoms with Crippen LogP contribution in [0.15, 0.2) is 54.6 Å². The second kappa shape index (κ2) is 10.3. The average molecular weight is 389 g/mol. The second-order valence-corrected chi connectivity index (χ2v) is 6.28.